The molecule has 1 aromatic rings. The SMILES string of the molecule is CCNC(C)(CCCn1ccnc1C)C(N)=O. The standard InChI is InChI=1S/C12H22N4O/c1-4-15-12(3,11(13)17)6-5-8-16-9-7-14-10(16)2/h7,9,15H,4-6,8H2,1-3H3,(H2,13,17). The van der Waals surface area contributed by atoms with Gasteiger partial charge in [-0.1, -0.05) is 6.92 Å². The summed E-state index contributed by atoms with van der Waals surface area (Å²) in [4.78, 5) is 15.6. The van der Waals surface area contributed by atoms with Gasteiger partial charge < -0.3 is 15.6 Å². The lowest BCUT2D eigenvalue weighted by Gasteiger charge is -2.27. The first-order chi connectivity index (χ1) is 7.99. The highest BCUT2D eigenvalue weighted by atomic mass is 16.1. The molecule has 0 radical (unpaired) electrons. The van der Waals surface area contributed by atoms with Crippen LogP contribution >= 0.6 is 0 Å². The van der Waals surface area contributed by atoms with E-state index in [-0.39, 0.29) is 5.91 Å². The molecule has 17 heavy (non-hydrogen) atoms. The van der Waals surface area contributed by atoms with Crippen LogP contribution in [0, 0.1) is 6.92 Å². The van der Waals surface area contributed by atoms with E-state index in [4.69, 9.17) is 5.73 Å². The molecule has 1 aromatic heterocycles. The molecule has 0 spiro atoms. The molecule has 0 aromatic carbocycles. The van der Waals surface area contributed by atoms with Crippen LogP contribution in [0.4, 0.5) is 0 Å². The van der Waals surface area contributed by atoms with Gasteiger partial charge in [0.2, 0.25) is 5.91 Å². The van der Waals surface area contributed by atoms with Gasteiger partial charge in [0.25, 0.3) is 0 Å². The van der Waals surface area contributed by atoms with Gasteiger partial charge >= 0.3 is 0 Å². The van der Waals surface area contributed by atoms with Gasteiger partial charge in [0.05, 0.1) is 5.54 Å². The Bertz CT molecular complexity index is 374. The number of hydrogen-bond acceptors (Lipinski definition) is 3. The summed E-state index contributed by atoms with van der Waals surface area (Å²) in [6, 6.07) is 0. The molecule has 1 amide bonds. The molecule has 96 valence electrons. The fourth-order valence-corrected chi connectivity index (χ4v) is 1.93. The summed E-state index contributed by atoms with van der Waals surface area (Å²) in [6.07, 6.45) is 5.36. The lowest BCUT2D eigenvalue weighted by molar-refractivity contribution is -0.124. The van der Waals surface area contributed by atoms with Gasteiger partial charge in [0.15, 0.2) is 0 Å². The number of nitrogens with zero attached hydrogens (tertiary/aromatic N) is 2. The predicted molar refractivity (Wildman–Crippen MR) is 67.5 cm³/mol. The van der Waals surface area contributed by atoms with Crippen molar-refractivity contribution < 1.29 is 4.79 Å². The Morgan fingerprint density at radius 2 is 2.35 bits per heavy atom. The number of primary amides is 1. The summed E-state index contributed by atoms with van der Waals surface area (Å²) in [6.45, 7) is 7.40. The van der Waals surface area contributed by atoms with Gasteiger partial charge in [0, 0.05) is 18.9 Å². The molecule has 0 aliphatic heterocycles. The predicted octanol–water partition coefficient (Wildman–Crippen LogP) is 0.825. The largest absolute Gasteiger partial charge is 0.368 e. The van der Waals surface area contributed by atoms with Crippen molar-refractivity contribution in [3.63, 3.8) is 0 Å². The molecule has 0 aliphatic carbocycles. The Kier molecular flexibility index (Phi) is 4.69. The summed E-state index contributed by atoms with van der Waals surface area (Å²) >= 11 is 0. The van der Waals surface area contributed by atoms with Crippen LogP contribution in [-0.4, -0.2) is 27.5 Å². The quantitative estimate of drug-likeness (QED) is 0.739. The average Bonchev–Trinajstić information content (AvgIpc) is 2.65. The smallest absolute Gasteiger partial charge is 0.237 e. The van der Waals surface area contributed by atoms with Gasteiger partial charge in [-0.25, -0.2) is 4.98 Å². The van der Waals surface area contributed by atoms with Crippen LogP contribution in [0.15, 0.2) is 12.4 Å². The first kappa shape index (κ1) is 13.7. The van der Waals surface area contributed by atoms with Crippen molar-refractivity contribution in [3.05, 3.63) is 18.2 Å². The van der Waals surface area contributed by atoms with Crippen molar-refractivity contribution in [2.45, 2.75) is 45.7 Å². The van der Waals surface area contributed by atoms with Crippen molar-refractivity contribution in [1.82, 2.24) is 14.9 Å². The van der Waals surface area contributed by atoms with E-state index in [0.717, 1.165) is 31.8 Å². The third kappa shape index (κ3) is 3.56. The maximum Gasteiger partial charge on any atom is 0.237 e. The Balaban J connectivity index is 2.48. The van der Waals surface area contributed by atoms with Crippen molar-refractivity contribution >= 4 is 5.91 Å². The molecule has 1 unspecified atom stereocenters. The zero-order valence-corrected chi connectivity index (χ0v) is 10.9. The molecule has 0 fully saturated rings. The minimum Gasteiger partial charge on any atom is -0.368 e. The van der Waals surface area contributed by atoms with Crippen molar-refractivity contribution in [2.75, 3.05) is 6.54 Å². The van der Waals surface area contributed by atoms with E-state index in [1.54, 1.807) is 6.20 Å². The zero-order chi connectivity index (χ0) is 12.9. The molecule has 3 N–H and O–H groups in total. The zero-order valence-electron chi connectivity index (χ0n) is 10.9. The van der Waals surface area contributed by atoms with E-state index in [9.17, 15) is 4.79 Å². The first-order valence-corrected chi connectivity index (χ1v) is 6.02. The van der Waals surface area contributed by atoms with Crippen LogP contribution < -0.4 is 11.1 Å². The second-order valence-corrected chi connectivity index (χ2v) is 4.50. The number of hydrogen-bond donors (Lipinski definition) is 2. The molecule has 0 saturated carbocycles. The summed E-state index contributed by atoms with van der Waals surface area (Å²) in [5.41, 5.74) is 4.82. The third-order valence-electron chi connectivity index (χ3n) is 3.11. The van der Waals surface area contributed by atoms with Crippen LogP contribution in [-0.2, 0) is 11.3 Å². The number of aryl methyl sites for hydroxylation is 2. The van der Waals surface area contributed by atoms with Gasteiger partial charge in [-0.2, -0.15) is 0 Å². The Morgan fingerprint density at radius 3 is 2.82 bits per heavy atom. The maximum atomic E-state index is 11.4. The minimum absolute atomic E-state index is 0.290. The topological polar surface area (TPSA) is 72.9 Å². The van der Waals surface area contributed by atoms with Crippen LogP contribution in [0.3, 0.4) is 0 Å². The molecule has 1 heterocycles. The lowest BCUT2D eigenvalue weighted by Crippen LogP contribution is -2.53. The van der Waals surface area contributed by atoms with E-state index in [1.807, 2.05) is 27.0 Å². The highest BCUT2D eigenvalue weighted by Gasteiger charge is 2.28. The van der Waals surface area contributed by atoms with Crippen LogP contribution in [0.5, 0.6) is 0 Å². The number of aromatic nitrogens is 2. The second-order valence-electron chi connectivity index (χ2n) is 4.50. The molecule has 5 nitrogen and oxygen atoms in total. The summed E-state index contributed by atoms with van der Waals surface area (Å²) in [5.74, 6) is 0.705. The molecule has 0 aliphatic rings. The van der Waals surface area contributed by atoms with E-state index in [0.29, 0.717) is 0 Å². The normalized spacial score (nSPS) is 14.5. The van der Waals surface area contributed by atoms with Crippen LogP contribution in [0.2, 0.25) is 0 Å². The summed E-state index contributed by atoms with van der Waals surface area (Å²) < 4.78 is 2.08. The van der Waals surface area contributed by atoms with E-state index in [1.165, 1.54) is 0 Å². The molecule has 5 heteroatoms. The van der Waals surface area contributed by atoms with Crippen LogP contribution in [0.1, 0.15) is 32.5 Å². The van der Waals surface area contributed by atoms with Gasteiger partial charge in [-0.15, -0.1) is 0 Å². The highest BCUT2D eigenvalue weighted by molar-refractivity contribution is 5.84. The minimum atomic E-state index is -0.608. The number of nitrogens with two attached hydrogens (primary N) is 1. The van der Waals surface area contributed by atoms with Gasteiger partial charge in [0.1, 0.15) is 5.82 Å². The molecule has 0 saturated heterocycles. The van der Waals surface area contributed by atoms with E-state index in [2.05, 4.69) is 14.9 Å². The van der Waals surface area contributed by atoms with E-state index >= 15 is 0 Å². The van der Waals surface area contributed by atoms with E-state index < -0.39 is 5.54 Å². The third-order valence-corrected chi connectivity index (χ3v) is 3.11. The van der Waals surface area contributed by atoms with Crippen molar-refractivity contribution in [1.29, 1.82) is 0 Å². The summed E-state index contributed by atoms with van der Waals surface area (Å²) in [5, 5.41) is 3.15. The first-order valence-electron chi connectivity index (χ1n) is 6.02. The summed E-state index contributed by atoms with van der Waals surface area (Å²) in [7, 11) is 0. The number of carbonyl (C=O) groups is 1. The number of rotatable bonds is 7. The second kappa shape index (κ2) is 5.82. The average molecular weight is 238 g/mol. The Morgan fingerprint density at radius 1 is 1.65 bits per heavy atom. The van der Waals surface area contributed by atoms with Crippen LogP contribution in [0.25, 0.3) is 0 Å². The molecule has 0 bridgehead atoms. The number of likely N-dealkylation sites (N-methyl/N-ethyl adjacent to an activating group) is 1. The van der Waals surface area contributed by atoms with Crippen molar-refractivity contribution in [2.24, 2.45) is 5.73 Å². The number of imidazole rings is 1. The fraction of sp³-hybridized carbons (Fsp3) is 0.667. The molecular weight excluding hydrogens is 216 g/mol. The molecule has 1 rings (SSSR count). The Labute approximate surface area is 102 Å². The number of nitrogens with one attached hydrogen (secondary N) is 1. The van der Waals surface area contributed by atoms with Crippen molar-refractivity contribution in [3.8, 4) is 0 Å². The fourth-order valence-electron chi connectivity index (χ4n) is 1.93. The molecule has 1 atom stereocenters. The number of amides is 1. The number of carbonyl (C=O) groups excluding carboxylic acids is 1. The lowest BCUT2D eigenvalue weighted by atomic mass is 9.95. The monoisotopic (exact) mass is 238 g/mol. The Hall–Kier alpha value is -1.36. The van der Waals surface area contributed by atoms with Gasteiger partial charge in [-0.3, -0.25) is 4.79 Å². The highest BCUT2D eigenvalue weighted by Crippen LogP contribution is 2.13. The maximum absolute atomic E-state index is 11.4. The van der Waals surface area contributed by atoms with Gasteiger partial charge in [-0.05, 0) is 33.2 Å². The molecular formula is C12H22N4O.